The lowest BCUT2D eigenvalue weighted by Gasteiger charge is -2.34. The molecule has 1 atom stereocenters. The second-order valence-corrected chi connectivity index (χ2v) is 6.52. The third-order valence-corrected chi connectivity index (χ3v) is 5.48. The van der Waals surface area contributed by atoms with Crippen molar-refractivity contribution in [3.63, 3.8) is 0 Å². The van der Waals surface area contributed by atoms with Crippen LogP contribution in [0, 0.1) is 5.92 Å². The molecule has 5 heteroatoms. The summed E-state index contributed by atoms with van der Waals surface area (Å²) >= 11 is 5.61. The van der Waals surface area contributed by atoms with E-state index in [1.54, 1.807) is 7.05 Å². The van der Waals surface area contributed by atoms with Crippen molar-refractivity contribution in [1.82, 2.24) is 4.31 Å². The van der Waals surface area contributed by atoms with Crippen molar-refractivity contribution < 1.29 is 8.42 Å². The van der Waals surface area contributed by atoms with E-state index in [1.807, 2.05) is 6.92 Å². The molecule has 0 radical (unpaired) electrons. The van der Waals surface area contributed by atoms with Crippen molar-refractivity contribution in [2.45, 2.75) is 32.2 Å². The molecule has 0 saturated heterocycles. The van der Waals surface area contributed by atoms with Gasteiger partial charge in [-0.2, -0.15) is 0 Å². The summed E-state index contributed by atoms with van der Waals surface area (Å²) in [4.78, 5) is 0. The van der Waals surface area contributed by atoms with E-state index in [2.05, 4.69) is 0 Å². The summed E-state index contributed by atoms with van der Waals surface area (Å²) in [5.41, 5.74) is 0. The van der Waals surface area contributed by atoms with Gasteiger partial charge >= 0.3 is 0 Å². The molecule has 0 heterocycles. The maximum atomic E-state index is 11.8. The molecule has 1 fully saturated rings. The van der Waals surface area contributed by atoms with Crippen LogP contribution in [-0.2, 0) is 10.0 Å². The van der Waals surface area contributed by atoms with E-state index >= 15 is 0 Å². The predicted octanol–water partition coefficient (Wildman–Crippen LogP) is 1.68. The third kappa shape index (κ3) is 2.84. The minimum atomic E-state index is -3.08. The molecule has 1 rings (SSSR count). The quantitative estimate of drug-likeness (QED) is 0.685. The maximum absolute atomic E-state index is 11.8. The molecule has 84 valence electrons. The minimum absolute atomic E-state index is 0.0317. The Balaban J connectivity index is 2.54. The highest BCUT2D eigenvalue weighted by Crippen LogP contribution is 2.26. The van der Waals surface area contributed by atoms with Crippen LogP contribution in [0.5, 0.6) is 0 Å². The molecule has 1 saturated carbocycles. The number of nitrogens with zero attached hydrogens (tertiary/aromatic N) is 1. The Morgan fingerprint density at radius 1 is 1.50 bits per heavy atom. The van der Waals surface area contributed by atoms with Crippen molar-refractivity contribution in [2.75, 3.05) is 18.7 Å². The molecule has 3 nitrogen and oxygen atoms in total. The number of hydrogen-bond acceptors (Lipinski definition) is 2. The van der Waals surface area contributed by atoms with Gasteiger partial charge in [0, 0.05) is 19.0 Å². The monoisotopic (exact) mass is 239 g/mol. The molecule has 0 N–H and O–H groups in total. The second-order valence-electron chi connectivity index (χ2n) is 4.14. The number of halogens is 1. The van der Waals surface area contributed by atoms with Gasteiger partial charge in [0.15, 0.2) is 0 Å². The number of sulfonamides is 1. The fraction of sp³-hybridized carbons (Fsp3) is 1.00. The maximum Gasteiger partial charge on any atom is 0.214 e. The van der Waals surface area contributed by atoms with Crippen LogP contribution in [0.1, 0.15) is 26.2 Å². The molecule has 0 aromatic heterocycles. The molecule has 0 spiro atoms. The van der Waals surface area contributed by atoms with Crippen molar-refractivity contribution >= 4 is 21.6 Å². The molecular weight excluding hydrogens is 222 g/mol. The summed E-state index contributed by atoms with van der Waals surface area (Å²) in [7, 11) is -1.40. The van der Waals surface area contributed by atoms with Gasteiger partial charge in [-0.25, -0.2) is 12.7 Å². The summed E-state index contributed by atoms with van der Waals surface area (Å²) in [6.45, 7) is 1.86. The largest absolute Gasteiger partial charge is 0.214 e. The van der Waals surface area contributed by atoms with Crippen LogP contribution < -0.4 is 0 Å². The molecular formula is C9H18ClNO2S. The van der Waals surface area contributed by atoms with Crippen LogP contribution in [0.25, 0.3) is 0 Å². The van der Waals surface area contributed by atoms with Crippen LogP contribution in [0.3, 0.4) is 0 Å². The molecule has 14 heavy (non-hydrogen) atoms. The SMILES string of the molecule is CC(CCl)CS(=O)(=O)N(C)C1CCC1. The molecule has 1 aliphatic carbocycles. The van der Waals surface area contributed by atoms with Gasteiger partial charge in [-0.15, -0.1) is 11.6 Å². The summed E-state index contributed by atoms with van der Waals surface area (Å²) in [5, 5.41) is 0. The highest BCUT2D eigenvalue weighted by molar-refractivity contribution is 7.89. The molecule has 0 aromatic rings. The van der Waals surface area contributed by atoms with Gasteiger partial charge in [-0.1, -0.05) is 13.3 Å². The van der Waals surface area contributed by atoms with Gasteiger partial charge in [0.25, 0.3) is 0 Å². The topological polar surface area (TPSA) is 37.4 Å². The zero-order valence-corrected chi connectivity index (χ0v) is 10.3. The summed E-state index contributed by atoms with van der Waals surface area (Å²) < 4.78 is 25.1. The van der Waals surface area contributed by atoms with Gasteiger partial charge in [-0.05, 0) is 18.8 Å². The molecule has 0 bridgehead atoms. The second kappa shape index (κ2) is 4.81. The zero-order chi connectivity index (χ0) is 10.8. The van der Waals surface area contributed by atoms with E-state index in [-0.39, 0.29) is 17.7 Å². The fourth-order valence-corrected chi connectivity index (χ4v) is 3.47. The predicted molar refractivity (Wildman–Crippen MR) is 59.1 cm³/mol. The van der Waals surface area contributed by atoms with Crippen molar-refractivity contribution in [3.05, 3.63) is 0 Å². The van der Waals surface area contributed by atoms with Gasteiger partial charge in [0.2, 0.25) is 10.0 Å². The van der Waals surface area contributed by atoms with E-state index in [4.69, 9.17) is 11.6 Å². The van der Waals surface area contributed by atoms with Crippen LogP contribution in [0.2, 0.25) is 0 Å². The smallest absolute Gasteiger partial charge is 0.212 e. The first-order valence-corrected chi connectivity index (χ1v) is 7.13. The third-order valence-electron chi connectivity index (χ3n) is 2.79. The number of hydrogen-bond donors (Lipinski definition) is 0. The van der Waals surface area contributed by atoms with Crippen molar-refractivity contribution in [3.8, 4) is 0 Å². The Bertz CT molecular complexity index is 275. The Hall–Kier alpha value is 0.200. The van der Waals surface area contributed by atoms with E-state index in [0.717, 1.165) is 19.3 Å². The van der Waals surface area contributed by atoms with Crippen LogP contribution in [0.15, 0.2) is 0 Å². The average Bonchev–Trinajstić information content (AvgIpc) is 2.00. The lowest BCUT2D eigenvalue weighted by atomic mass is 9.94. The summed E-state index contributed by atoms with van der Waals surface area (Å²) in [6, 6.07) is 0.238. The molecule has 0 aliphatic heterocycles. The minimum Gasteiger partial charge on any atom is -0.212 e. The first-order valence-electron chi connectivity index (χ1n) is 4.99. The van der Waals surface area contributed by atoms with E-state index in [0.29, 0.717) is 5.88 Å². The van der Waals surface area contributed by atoms with Crippen LogP contribution >= 0.6 is 11.6 Å². The molecule has 0 aromatic carbocycles. The Morgan fingerprint density at radius 3 is 2.43 bits per heavy atom. The Morgan fingerprint density at radius 2 is 2.07 bits per heavy atom. The molecule has 1 unspecified atom stereocenters. The first-order chi connectivity index (χ1) is 6.47. The van der Waals surface area contributed by atoms with Crippen LogP contribution in [0.4, 0.5) is 0 Å². The van der Waals surface area contributed by atoms with Crippen LogP contribution in [-0.4, -0.2) is 37.4 Å². The van der Waals surface area contributed by atoms with E-state index in [9.17, 15) is 8.42 Å². The summed E-state index contributed by atoms with van der Waals surface area (Å²) in [6.07, 6.45) is 3.16. The van der Waals surface area contributed by atoms with Gasteiger partial charge in [0.05, 0.1) is 5.75 Å². The standard InChI is InChI=1S/C9H18ClNO2S/c1-8(6-10)7-14(12,13)11(2)9-4-3-5-9/h8-9H,3-7H2,1-2H3. The average molecular weight is 240 g/mol. The van der Waals surface area contributed by atoms with Gasteiger partial charge in [-0.3, -0.25) is 0 Å². The fourth-order valence-electron chi connectivity index (χ4n) is 1.50. The lowest BCUT2D eigenvalue weighted by Crippen LogP contribution is -2.43. The van der Waals surface area contributed by atoms with Crippen molar-refractivity contribution in [2.24, 2.45) is 5.92 Å². The zero-order valence-electron chi connectivity index (χ0n) is 8.74. The van der Waals surface area contributed by atoms with Gasteiger partial charge < -0.3 is 0 Å². The van der Waals surface area contributed by atoms with Gasteiger partial charge in [0.1, 0.15) is 0 Å². The highest BCUT2D eigenvalue weighted by atomic mass is 35.5. The van der Waals surface area contributed by atoms with E-state index < -0.39 is 10.0 Å². The first kappa shape index (κ1) is 12.3. The van der Waals surface area contributed by atoms with Crippen molar-refractivity contribution in [1.29, 1.82) is 0 Å². The Labute approximate surface area is 91.5 Å². The molecule has 0 amide bonds. The number of alkyl halides is 1. The Kier molecular flexibility index (Phi) is 4.22. The lowest BCUT2D eigenvalue weighted by molar-refractivity contribution is 0.249. The molecule has 1 aliphatic rings. The van der Waals surface area contributed by atoms with E-state index in [1.165, 1.54) is 4.31 Å². The summed E-state index contributed by atoms with van der Waals surface area (Å²) in [5.74, 6) is 0.602. The number of rotatable bonds is 5. The highest BCUT2D eigenvalue weighted by Gasteiger charge is 2.31. The normalized spacial score (nSPS) is 20.9.